The van der Waals surface area contributed by atoms with Crippen molar-refractivity contribution < 1.29 is 19.2 Å². The predicted molar refractivity (Wildman–Crippen MR) is 149 cm³/mol. The second kappa shape index (κ2) is 11.4. The van der Waals surface area contributed by atoms with Crippen molar-refractivity contribution >= 4 is 29.5 Å². The summed E-state index contributed by atoms with van der Waals surface area (Å²) in [5.41, 5.74) is 7.90. The van der Waals surface area contributed by atoms with Crippen molar-refractivity contribution in [2.24, 2.45) is 10.2 Å². The molecule has 2 N–H and O–H groups in total. The number of non-ortho nitro benzene ring substituents is 1. The highest BCUT2D eigenvalue weighted by Crippen LogP contribution is 2.36. The molecule has 0 saturated carbocycles. The van der Waals surface area contributed by atoms with Crippen LogP contribution in [0.1, 0.15) is 33.5 Å². The number of ether oxygens (including phenoxy) is 1. The third-order valence-corrected chi connectivity index (χ3v) is 6.37. The summed E-state index contributed by atoms with van der Waals surface area (Å²) in [4.78, 5) is 35.6. The van der Waals surface area contributed by atoms with Crippen LogP contribution in [0.25, 0.3) is 0 Å². The van der Waals surface area contributed by atoms with Gasteiger partial charge in [-0.3, -0.25) is 20.3 Å². The molecule has 0 unspecified atom stereocenters. The summed E-state index contributed by atoms with van der Waals surface area (Å²) >= 11 is 0. The van der Waals surface area contributed by atoms with Gasteiger partial charge in [0.15, 0.2) is 0 Å². The lowest BCUT2D eigenvalue weighted by Crippen LogP contribution is -2.38. The van der Waals surface area contributed by atoms with E-state index in [9.17, 15) is 19.7 Å². The summed E-state index contributed by atoms with van der Waals surface area (Å²) in [6.45, 7) is 0. The summed E-state index contributed by atoms with van der Waals surface area (Å²) in [5.74, 6) is -0.860. The molecule has 1 aliphatic rings. The molecule has 0 atom stereocenters. The maximum Gasteiger partial charge on any atom is 0.343 e. The largest absolute Gasteiger partial charge is 0.423 e. The molecule has 1 aliphatic heterocycles. The first kappa shape index (κ1) is 26.0. The molecule has 1 heterocycles. The molecule has 40 heavy (non-hydrogen) atoms. The molecule has 10 heteroatoms. The number of benzene rings is 4. The van der Waals surface area contributed by atoms with Crippen LogP contribution in [-0.2, 0) is 10.3 Å². The smallest absolute Gasteiger partial charge is 0.343 e. The molecule has 0 saturated heterocycles. The number of nitro groups is 1. The fourth-order valence-electron chi connectivity index (χ4n) is 4.34. The van der Waals surface area contributed by atoms with Gasteiger partial charge in [-0.05, 0) is 41.0 Å². The monoisotopic (exact) mass is 533 g/mol. The summed E-state index contributed by atoms with van der Waals surface area (Å²) in [6.07, 6.45) is 1.75. The minimum Gasteiger partial charge on any atom is -0.423 e. The summed E-state index contributed by atoms with van der Waals surface area (Å²) < 4.78 is 5.37. The van der Waals surface area contributed by atoms with Gasteiger partial charge < -0.3 is 4.74 Å². The SMILES string of the molecule is O=C(NN=Cc1cccc(OC(=O)c2ccc([N+](=O)[O-])cc2)c1)C1=NNC(c2ccccc2)(c2ccccc2)C1. The number of rotatable bonds is 8. The minimum absolute atomic E-state index is 0.123. The lowest BCUT2D eigenvalue weighted by Gasteiger charge is -2.30. The number of hydrogen-bond acceptors (Lipinski definition) is 8. The number of hydrogen-bond donors (Lipinski definition) is 2. The molecule has 0 radical (unpaired) electrons. The highest BCUT2D eigenvalue weighted by Gasteiger charge is 2.41. The van der Waals surface area contributed by atoms with Crippen molar-refractivity contribution in [3.05, 3.63) is 142 Å². The van der Waals surface area contributed by atoms with Gasteiger partial charge in [0.2, 0.25) is 0 Å². The zero-order valence-corrected chi connectivity index (χ0v) is 21.1. The summed E-state index contributed by atoms with van der Waals surface area (Å²) in [7, 11) is 0. The Hall–Kier alpha value is -5.64. The number of carbonyl (C=O) groups is 2. The molecule has 0 spiro atoms. The van der Waals surface area contributed by atoms with Crippen molar-refractivity contribution in [2.75, 3.05) is 0 Å². The van der Waals surface area contributed by atoms with Crippen LogP contribution >= 0.6 is 0 Å². The van der Waals surface area contributed by atoms with Crippen LogP contribution in [0.3, 0.4) is 0 Å². The maximum atomic E-state index is 12.9. The number of esters is 1. The van der Waals surface area contributed by atoms with Crippen LogP contribution in [0.15, 0.2) is 119 Å². The van der Waals surface area contributed by atoms with Crippen LogP contribution in [0.4, 0.5) is 5.69 Å². The van der Waals surface area contributed by atoms with Gasteiger partial charge in [0.1, 0.15) is 17.0 Å². The van der Waals surface area contributed by atoms with Gasteiger partial charge in [0.25, 0.3) is 11.6 Å². The Labute approximate surface area is 229 Å². The number of nitrogens with one attached hydrogen (secondary N) is 2. The van der Waals surface area contributed by atoms with Crippen molar-refractivity contribution in [1.82, 2.24) is 10.9 Å². The van der Waals surface area contributed by atoms with Crippen molar-refractivity contribution in [3.8, 4) is 5.75 Å². The van der Waals surface area contributed by atoms with Crippen molar-refractivity contribution in [1.29, 1.82) is 0 Å². The highest BCUT2D eigenvalue weighted by atomic mass is 16.6. The first-order valence-electron chi connectivity index (χ1n) is 12.3. The zero-order valence-electron chi connectivity index (χ0n) is 21.1. The van der Waals surface area contributed by atoms with Gasteiger partial charge in [0.05, 0.1) is 16.7 Å². The van der Waals surface area contributed by atoms with E-state index in [0.717, 1.165) is 11.1 Å². The number of amides is 1. The fraction of sp³-hybridized carbons (Fsp3) is 0.0667. The molecule has 5 rings (SSSR count). The first-order valence-corrected chi connectivity index (χ1v) is 12.3. The van der Waals surface area contributed by atoms with Gasteiger partial charge in [-0.15, -0.1) is 0 Å². The van der Waals surface area contributed by atoms with Crippen LogP contribution in [0, 0.1) is 10.1 Å². The Bertz CT molecular complexity index is 1560. The third-order valence-electron chi connectivity index (χ3n) is 6.37. The molecule has 198 valence electrons. The van der Waals surface area contributed by atoms with E-state index in [2.05, 4.69) is 21.1 Å². The van der Waals surface area contributed by atoms with Gasteiger partial charge in [-0.1, -0.05) is 72.8 Å². The lowest BCUT2D eigenvalue weighted by atomic mass is 9.80. The van der Waals surface area contributed by atoms with E-state index in [1.807, 2.05) is 60.7 Å². The topological polar surface area (TPSA) is 135 Å². The van der Waals surface area contributed by atoms with E-state index in [1.165, 1.54) is 30.5 Å². The lowest BCUT2D eigenvalue weighted by molar-refractivity contribution is -0.384. The summed E-state index contributed by atoms with van der Waals surface area (Å²) in [6, 6.07) is 31.3. The van der Waals surface area contributed by atoms with E-state index in [1.54, 1.807) is 24.3 Å². The number of nitro benzene ring substituents is 1. The Morgan fingerprint density at radius 1 is 0.925 bits per heavy atom. The normalized spacial score (nSPS) is 13.8. The molecule has 0 aromatic heterocycles. The molecule has 1 amide bonds. The maximum absolute atomic E-state index is 12.9. The van der Waals surface area contributed by atoms with Crippen LogP contribution in [0.5, 0.6) is 5.75 Å². The van der Waals surface area contributed by atoms with Crippen molar-refractivity contribution in [2.45, 2.75) is 12.0 Å². The van der Waals surface area contributed by atoms with Crippen molar-refractivity contribution in [3.63, 3.8) is 0 Å². The molecular weight excluding hydrogens is 510 g/mol. The second-order valence-corrected chi connectivity index (χ2v) is 8.95. The number of nitrogens with zero attached hydrogens (tertiary/aromatic N) is 3. The summed E-state index contributed by atoms with van der Waals surface area (Å²) in [5, 5.41) is 19.2. The molecule has 4 aromatic rings. The number of carbonyl (C=O) groups excluding carboxylic acids is 2. The van der Waals surface area contributed by atoms with Crippen LogP contribution < -0.4 is 15.6 Å². The quantitative estimate of drug-likeness (QED) is 0.112. The fourth-order valence-corrected chi connectivity index (χ4v) is 4.34. The first-order chi connectivity index (χ1) is 19.4. The Kier molecular flexibility index (Phi) is 7.41. The van der Waals surface area contributed by atoms with Crippen LogP contribution in [0.2, 0.25) is 0 Å². The number of hydrazone groups is 2. The Balaban J connectivity index is 1.23. The van der Waals surface area contributed by atoms with E-state index < -0.39 is 22.3 Å². The van der Waals surface area contributed by atoms with E-state index >= 15 is 0 Å². The van der Waals surface area contributed by atoms with E-state index in [-0.39, 0.29) is 17.0 Å². The molecule has 0 aliphatic carbocycles. The van der Waals surface area contributed by atoms with E-state index in [4.69, 9.17) is 4.74 Å². The molecule has 10 nitrogen and oxygen atoms in total. The predicted octanol–water partition coefficient (Wildman–Crippen LogP) is 4.56. The average molecular weight is 534 g/mol. The van der Waals surface area contributed by atoms with Crippen LogP contribution in [-0.4, -0.2) is 28.7 Å². The van der Waals surface area contributed by atoms with Gasteiger partial charge in [-0.25, -0.2) is 10.2 Å². The molecular formula is C30H23N5O5. The van der Waals surface area contributed by atoms with Gasteiger partial charge in [-0.2, -0.15) is 10.2 Å². The zero-order chi connectivity index (χ0) is 28.0. The second-order valence-electron chi connectivity index (χ2n) is 8.95. The molecule has 4 aromatic carbocycles. The Morgan fingerprint density at radius 2 is 1.57 bits per heavy atom. The van der Waals surface area contributed by atoms with E-state index in [0.29, 0.717) is 17.7 Å². The minimum atomic E-state index is -0.680. The molecule has 0 bridgehead atoms. The average Bonchev–Trinajstić information content (AvgIpc) is 3.45. The van der Waals surface area contributed by atoms with Gasteiger partial charge >= 0.3 is 5.97 Å². The highest BCUT2D eigenvalue weighted by molar-refractivity contribution is 6.39. The van der Waals surface area contributed by atoms with Gasteiger partial charge in [0, 0.05) is 18.6 Å². The Morgan fingerprint density at radius 3 is 2.20 bits per heavy atom. The molecule has 0 fully saturated rings. The standard InChI is InChI=1S/C30H23N5O5/c36-28(27-19-30(34-32-27,23-9-3-1-4-10-23)24-11-5-2-6-12-24)33-31-20-21-8-7-13-26(18-21)40-29(37)22-14-16-25(17-15-22)35(38)39/h1-18,20,34H,19H2,(H,33,36). The third kappa shape index (κ3) is 5.60.